The number of piperidine rings is 1. The summed E-state index contributed by atoms with van der Waals surface area (Å²) in [5.74, 6) is 0.00285. The molecule has 1 aromatic heterocycles. The van der Waals surface area contributed by atoms with Gasteiger partial charge in [-0.25, -0.2) is 4.68 Å². The minimum absolute atomic E-state index is 0.00285. The van der Waals surface area contributed by atoms with Gasteiger partial charge in [0.25, 0.3) is 5.91 Å². The van der Waals surface area contributed by atoms with Crippen LogP contribution in [0.2, 0.25) is 0 Å². The number of likely N-dealkylation sites (N-methyl/N-ethyl adjacent to an activating group) is 2. The zero-order valence-corrected chi connectivity index (χ0v) is 14.1. The second-order valence-corrected chi connectivity index (χ2v) is 6.39. The van der Waals surface area contributed by atoms with E-state index in [9.17, 15) is 4.79 Å². The first kappa shape index (κ1) is 15.7. The Morgan fingerprint density at radius 3 is 2.74 bits per heavy atom. The molecule has 2 aromatic rings. The minimum atomic E-state index is 0.00285. The SMILES string of the molecule is Cc1cc(C(=O)N(C)C2CCCN(C)C2)nn1-c1ccccc1. The van der Waals surface area contributed by atoms with E-state index in [1.807, 2.05) is 60.0 Å². The normalized spacial score (nSPS) is 18.8. The molecule has 1 aliphatic heterocycles. The smallest absolute Gasteiger partial charge is 0.274 e. The number of hydrogen-bond donors (Lipinski definition) is 0. The highest BCUT2D eigenvalue weighted by Crippen LogP contribution is 2.17. The summed E-state index contributed by atoms with van der Waals surface area (Å²) in [4.78, 5) is 16.9. The molecular weight excluding hydrogens is 288 g/mol. The molecule has 0 N–H and O–H groups in total. The van der Waals surface area contributed by atoms with E-state index in [4.69, 9.17) is 0 Å². The topological polar surface area (TPSA) is 41.4 Å². The van der Waals surface area contributed by atoms with Crippen LogP contribution in [0.4, 0.5) is 0 Å². The van der Waals surface area contributed by atoms with Gasteiger partial charge in [-0.2, -0.15) is 5.10 Å². The zero-order chi connectivity index (χ0) is 16.4. The largest absolute Gasteiger partial charge is 0.336 e. The van der Waals surface area contributed by atoms with Crippen molar-refractivity contribution in [3.05, 3.63) is 47.8 Å². The molecule has 1 atom stereocenters. The summed E-state index contributed by atoms with van der Waals surface area (Å²) in [6, 6.07) is 12.1. The molecule has 122 valence electrons. The van der Waals surface area contributed by atoms with Crippen LogP contribution in [0.1, 0.15) is 29.0 Å². The summed E-state index contributed by atoms with van der Waals surface area (Å²) in [7, 11) is 4.00. The van der Waals surface area contributed by atoms with Gasteiger partial charge in [0, 0.05) is 25.3 Å². The van der Waals surface area contributed by atoms with Gasteiger partial charge in [0.15, 0.2) is 5.69 Å². The van der Waals surface area contributed by atoms with Crippen molar-refractivity contribution in [3.8, 4) is 5.69 Å². The lowest BCUT2D eigenvalue weighted by molar-refractivity contribution is 0.0638. The Balaban J connectivity index is 1.80. The van der Waals surface area contributed by atoms with Crippen molar-refractivity contribution >= 4 is 5.91 Å². The Hall–Kier alpha value is -2.14. The lowest BCUT2D eigenvalue weighted by atomic mass is 10.0. The van der Waals surface area contributed by atoms with Crippen LogP contribution in [0.5, 0.6) is 0 Å². The van der Waals surface area contributed by atoms with Crippen LogP contribution in [0, 0.1) is 6.92 Å². The Morgan fingerprint density at radius 1 is 1.30 bits per heavy atom. The van der Waals surface area contributed by atoms with Gasteiger partial charge in [0.05, 0.1) is 5.69 Å². The maximum Gasteiger partial charge on any atom is 0.274 e. The van der Waals surface area contributed by atoms with E-state index in [1.165, 1.54) is 0 Å². The Kier molecular flexibility index (Phi) is 4.48. The Labute approximate surface area is 137 Å². The van der Waals surface area contributed by atoms with Gasteiger partial charge in [-0.3, -0.25) is 4.79 Å². The number of para-hydroxylation sites is 1. The molecule has 0 aliphatic carbocycles. The second-order valence-electron chi connectivity index (χ2n) is 6.39. The average Bonchev–Trinajstić information content (AvgIpc) is 2.96. The fourth-order valence-electron chi connectivity index (χ4n) is 3.21. The van der Waals surface area contributed by atoms with Gasteiger partial charge in [-0.15, -0.1) is 0 Å². The standard InChI is InChI=1S/C18H24N4O/c1-14-12-17(19-22(14)15-8-5-4-6-9-15)18(23)21(3)16-10-7-11-20(2)13-16/h4-6,8-9,12,16H,7,10-11,13H2,1-3H3. The maximum absolute atomic E-state index is 12.8. The van der Waals surface area contributed by atoms with Crippen molar-refractivity contribution < 1.29 is 4.79 Å². The van der Waals surface area contributed by atoms with E-state index < -0.39 is 0 Å². The molecular formula is C18H24N4O. The highest BCUT2D eigenvalue weighted by molar-refractivity contribution is 5.92. The number of likely N-dealkylation sites (tertiary alicyclic amines) is 1. The third-order valence-electron chi connectivity index (χ3n) is 4.57. The fourth-order valence-corrected chi connectivity index (χ4v) is 3.21. The van der Waals surface area contributed by atoms with Crippen molar-refractivity contribution in [1.29, 1.82) is 0 Å². The lowest BCUT2D eigenvalue weighted by Gasteiger charge is -2.35. The molecule has 0 radical (unpaired) electrons. The lowest BCUT2D eigenvalue weighted by Crippen LogP contribution is -2.47. The molecule has 1 aromatic carbocycles. The van der Waals surface area contributed by atoms with E-state index in [0.29, 0.717) is 5.69 Å². The quantitative estimate of drug-likeness (QED) is 0.873. The highest BCUT2D eigenvalue weighted by atomic mass is 16.2. The summed E-state index contributed by atoms with van der Waals surface area (Å²) in [6.07, 6.45) is 2.20. The predicted octanol–water partition coefficient (Wildman–Crippen LogP) is 2.35. The minimum Gasteiger partial charge on any atom is -0.336 e. The van der Waals surface area contributed by atoms with E-state index in [2.05, 4.69) is 17.0 Å². The Bertz CT molecular complexity index is 680. The number of rotatable bonds is 3. The molecule has 1 aliphatic rings. The van der Waals surface area contributed by atoms with Crippen molar-refractivity contribution in [2.24, 2.45) is 0 Å². The summed E-state index contributed by atoms with van der Waals surface area (Å²) in [5, 5.41) is 4.53. The number of nitrogens with zero attached hydrogens (tertiary/aromatic N) is 4. The van der Waals surface area contributed by atoms with Crippen molar-refractivity contribution in [2.75, 3.05) is 27.2 Å². The highest BCUT2D eigenvalue weighted by Gasteiger charge is 2.26. The molecule has 1 fully saturated rings. The zero-order valence-electron chi connectivity index (χ0n) is 14.1. The number of benzene rings is 1. The number of aromatic nitrogens is 2. The molecule has 0 bridgehead atoms. The van der Waals surface area contributed by atoms with Crippen LogP contribution < -0.4 is 0 Å². The molecule has 1 amide bonds. The molecule has 1 saturated heterocycles. The first-order valence-electron chi connectivity index (χ1n) is 8.14. The van der Waals surface area contributed by atoms with Gasteiger partial charge in [0.2, 0.25) is 0 Å². The molecule has 2 heterocycles. The molecule has 1 unspecified atom stereocenters. The van der Waals surface area contributed by atoms with Crippen LogP contribution in [0.3, 0.4) is 0 Å². The molecule has 0 spiro atoms. The van der Waals surface area contributed by atoms with Gasteiger partial charge in [-0.05, 0) is 51.6 Å². The van der Waals surface area contributed by atoms with Crippen LogP contribution >= 0.6 is 0 Å². The molecule has 5 nitrogen and oxygen atoms in total. The average molecular weight is 312 g/mol. The van der Waals surface area contributed by atoms with Gasteiger partial charge in [-0.1, -0.05) is 18.2 Å². The van der Waals surface area contributed by atoms with E-state index in [-0.39, 0.29) is 11.9 Å². The van der Waals surface area contributed by atoms with Crippen molar-refractivity contribution in [1.82, 2.24) is 19.6 Å². The van der Waals surface area contributed by atoms with E-state index in [1.54, 1.807) is 0 Å². The Morgan fingerprint density at radius 2 is 2.04 bits per heavy atom. The van der Waals surface area contributed by atoms with E-state index in [0.717, 1.165) is 37.3 Å². The van der Waals surface area contributed by atoms with Crippen LogP contribution in [-0.4, -0.2) is 58.7 Å². The fraction of sp³-hybridized carbons (Fsp3) is 0.444. The first-order valence-corrected chi connectivity index (χ1v) is 8.14. The third kappa shape index (κ3) is 3.29. The summed E-state index contributed by atoms with van der Waals surface area (Å²) < 4.78 is 1.83. The van der Waals surface area contributed by atoms with Crippen molar-refractivity contribution in [3.63, 3.8) is 0 Å². The third-order valence-corrected chi connectivity index (χ3v) is 4.57. The van der Waals surface area contributed by atoms with Crippen LogP contribution in [0.15, 0.2) is 36.4 Å². The second kappa shape index (κ2) is 6.54. The number of carbonyl (C=O) groups excluding carboxylic acids is 1. The van der Waals surface area contributed by atoms with Crippen LogP contribution in [-0.2, 0) is 0 Å². The first-order chi connectivity index (χ1) is 11.1. The summed E-state index contributed by atoms with van der Waals surface area (Å²) >= 11 is 0. The number of aryl methyl sites for hydroxylation is 1. The van der Waals surface area contributed by atoms with E-state index >= 15 is 0 Å². The number of amides is 1. The summed E-state index contributed by atoms with van der Waals surface area (Å²) in [6.45, 7) is 4.02. The molecule has 5 heteroatoms. The number of hydrogen-bond acceptors (Lipinski definition) is 3. The van der Waals surface area contributed by atoms with Crippen molar-refractivity contribution in [2.45, 2.75) is 25.8 Å². The maximum atomic E-state index is 12.8. The molecule has 3 rings (SSSR count). The molecule has 0 saturated carbocycles. The van der Waals surface area contributed by atoms with Gasteiger partial charge >= 0.3 is 0 Å². The summed E-state index contributed by atoms with van der Waals surface area (Å²) in [5.41, 5.74) is 2.46. The number of carbonyl (C=O) groups is 1. The van der Waals surface area contributed by atoms with Gasteiger partial charge in [0.1, 0.15) is 0 Å². The predicted molar refractivity (Wildman–Crippen MR) is 90.9 cm³/mol. The monoisotopic (exact) mass is 312 g/mol. The van der Waals surface area contributed by atoms with Crippen LogP contribution in [0.25, 0.3) is 5.69 Å². The molecule has 23 heavy (non-hydrogen) atoms. The van der Waals surface area contributed by atoms with Gasteiger partial charge < -0.3 is 9.80 Å².